The van der Waals surface area contributed by atoms with Crippen molar-refractivity contribution in [1.29, 1.82) is 0 Å². The summed E-state index contributed by atoms with van der Waals surface area (Å²) in [6.45, 7) is 0. The van der Waals surface area contributed by atoms with Crippen LogP contribution in [0.25, 0.3) is 140 Å². The van der Waals surface area contributed by atoms with Gasteiger partial charge in [0.25, 0.3) is 0 Å². The lowest BCUT2D eigenvalue weighted by molar-refractivity contribution is 1.31. The predicted octanol–water partition coefficient (Wildman–Crippen LogP) is 18.7. The number of rotatable bonds is 6. The zero-order valence-corrected chi connectivity index (χ0v) is 38.3. The maximum atomic E-state index is 4.90. The van der Waals surface area contributed by atoms with Crippen LogP contribution in [0, 0.1) is 0 Å². The molecule has 0 spiro atoms. The molecule has 316 valence electrons. The second kappa shape index (κ2) is 15.7. The van der Waals surface area contributed by atoms with Crippen LogP contribution in [0.15, 0.2) is 231 Å². The minimum Gasteiger partial charge on any atom is -0.252 e. The van der Waals surface area contributed by atoms with Crippen LogP contribution in [0.1, 0.15) is 0 Å². The largest absolute Gasteiger partial charge is 0.252 e. The lowest BCUT2D eigenvalue weighted by Crippen LogP contribution is -1.90. The van der Waals surface area contributed by atoms with Crippen LogP contribution < -0.4 is 0 Å². The standard InChI is InChI=1S/C64H38N2S2/c1-3-19-59-51(17-1)57-37-49(23-27-61(57)67-59)45-15-7-11-41(33-45)39-9-5-13-43(31-39)47-21-25-53-55(35-47)56-36-48(22-26-54(56)64-63(53)65-29-30-66-64)44-14-6-10-40(32-44)42-12-8-16-46(34-42)50-24-28-62-58(38-50)52-18-2-4-20-60(52)68-62/h1-38H. The van der Waals surface area contributed by atoms with E-state index in [0.29, 0.717) is 0 Å². The molecule has 0 aliphatic carbocycles. The molecule has 14 aromatic rings. The average molecular weight is 899 g/mol. The van der Waals surface area contributed by atoms with Crippen LogP contribution in [0.4, 0.5) is 0 Å². The summed E-state index contributed by atoms with van der Waals surface area (Å²) in [6.07, 6.45) is 3.61. The molecule has 0 saturated carbocycles. The molecular weight excluding hydrogens is 861 g/mol. The summed E-state index contributed by atoms with van der Waals surface area (Å²) in [6, 6.07) is 80.6. The fraction of sp³-hybridized carbons (Fsp3) is 0. The number of benzene rings is 11. The Morgan fingerprint density at radius 1 is 0.206 bits per heavy atom. The second-order valence-electron chi connectivity index (χ2n) is 17.7. The van der Waals surface area contributed by atoms with Crippen molar-refractivity contribution >= 4 is 95.6 Å². The molecule has 0 radical (unpaired) electrons. The predicted molar refractivity (Wildman–Crippen MR) is 293 cm³/mol. The van der Waals surface area contributed by atoms with Crippen molar-refractivity contribution < 1.29 is 0 Å². The molecule has 0 fully saturated rings. The summed E-state index contributed by atoms with van der Waals surface area (Å²) in [5, 5.41) is 9.80. The highest BCUT2D eigenvalue weighted by atomic mass is 32.1. The van der Waals surface area contributed by atoms with E-state index in [9.17, 15) is 0 Å². The van der Waals surface area contributed by atoms with Crippen molar-refractivity contribution in [2.75, 3.05) is 0 Å². The van der Waals surface area contributed by atoms with E-state index >= 15 is 0 Å². The summed E-state index contributed by atoms with van der Waals surface area (Å²) in [5.41, 5.74) is 16.1. The van der Waals surface area contributed by atoms with Crippen LogP contribution in [0.3, 0.4) is 0 Å². The number of aromatic nitrogens is 2. The summed E-state index contributed by atoms with van der Waals surface area (Å²) < 4.78 is 5.30. The van der Waals surface area contributed by atoms with Crippen molar-refractivity contribution in [3.63, 3.8) is 0 Å². The first-order valence-corrected chi connectivity index (χ1v) is 24.6. The third kappa shape index (κ3) is 6.52. The maximum Gasteiger partial charge on any atom is 0.0971 e. The number of thiophene rings is 2. The first-order valence-electron chi connectivity index (χ1n) is 23.0. The van der Waals surface area contributed by atoms with Gasteiger partial charge < -0.3 is 0 Å². The van der Waals surface area contributed by atoms with Gasteiger partial charge in [-0.3, -0.25) is 9.97 Å². The Hall–Kier alpha value is -8.28. The van der Waals surface area contributed by atoms with Gasteiger partial charge in [0.15, 0.2) is 0 Å². The third-order valence-electron chi connectivity index (χ3n) is 13.7. The minimum absolute atomic E-state index is 0.918. The molecule has 68 heavy (non-hydrogen) atoms. The Bertz CT molecular complexity index is 4070. The van der Waals surface area contributed by atoms with Gasteiger partial charge in [0.2, 0.25) is 0 Å². The zero-order chi connectivity index (χ0) is 44.7. The normalized spacial score (nSPS) is 11.8. The quantitative estimate of drug-likeness (QED) is 0.155. The average Bonchev–Trinajstić information content (AvgIpc) is 3.98. The molecule has 0 saturated heterocycles. The second-order valence-corrected chi connectivity index (χ2v) is 19.9. The lowest BCUT2D eigenvalue weighted by atomic mass is 9.91. The first kappa shape index (κ1) is 38.9. The van der Waals surface area contributed by atoms with Gasteiger partial charge in [-0.25, -0.2) is 0 Å². The number of nitrogens with zero attached hydrogens (tertiary/aromatic N) is 2. The Morgan fingerprint density at radius 3 is 0.868 bits per heavy atom. The number of hydrogen-bond acceptors (Lipinski definition) is 4. The van der Waals surface area contributed by atoms with Gasteiger partial charge in [0.05, 0.1) is 11.0 Å². The van der Waals surface area contributed by atoms with E-state index in [1.54, 1.807) is 12.4 Å². The molecule has 0 aliphatic rings. The SMILES string of the molecule is c1cc(-c2cccc(-c3ccc4c(c3)c3cc(-c5cccc(-c6cccc(-c7ccc8sc9ccccc9c8c7)c6)c5)ccc3c3nccnc43)c2)cc(-c2ccc3sc4ccccc4c3c2)c1. The molecule has 0 atom stereocenters. The van der Waals surface area contributed by atoms with Gasteiger partial charge in [-0.05, 0) is 150 Å². The van der Waals surface area contributed by atoms with E-state index in [0.717, 1.165) is 43.7 Å². The molecule has 0 aliphatic heterocycles. The van der Waals surface area contributed by atoms with Gasteiger partial charge in [-0.1, -0.05) is 146 Å². The molecule has 0 amide bonds. The van der Waals surface area contributed by atoms with Gasteiger partial charge in [0.1, 0.15) is 0 Å². The molecular formula is C64H38N2S2. The fourth-order valence-electron chi connectivity index (χ4n) is 10.4. The van der Waals surface area contributed by atoms with E-state index in [-0.39, 0.29) is 0 Å². The van der Waals surface area contributed by atoms with Crippen LogP contribution >= 0.6 is 22.7 Å². The van der Waals surface area contributed by atoms with Crippen LogP contribution in [-0.2, 0) is 0 Å². The van der Waals surface area contributed by atoms with E-state index in [2.05, 4.69) is 218 Å². The fourth-order valence-corrected chi connectivity index (χ4v) is 12.5. The molecule has 11 aromatic carbocycles. The van der Waals surface area contributed by atoms with Crippen molar-refractivity contribution in [3.05, 3.63) is 231 Å². The molecule has 14 rings (SSSR count). The molecule has 0 unspecified atom stereocenters. The molecule has 2 nitrogen and oxygen atoms in total. The van der Waals surface area contributed by atoms with Crippen LogP contribution in [0.2, 0.25) is 0 Å². The monoisotopic (exact) mass is 898 g/mol. The highest BCUT2D eigenvalue weighted by Gasteiger charge is 2.15. The van der Waals surface area contributed by atoms with Gasteiger partial charge in [-0.2, -0.15) is 0 Å². The smallest absolute Gasteiger partial charge is 0.0971 e. The summed E-state index contributed by atoms with van der Waals surface area (Å²) in [5.74, 6) is 0. The summed E-state index contributed by atoms with van der Waals surface area (Å²) in [4.78, 5) is 9.79. The van der Waals surface area contributed by atoms with Crippen molar-refractivity contribution in [2.24, 2.45) is 0 Å². The topological polar surface area (TPSA) is 25.8 Å². The summed E-state index contributed by atoms with van der Waals surface area (Å²) >= 11 is 3.72. The molecule has 4 heteroatoms. The molecule has 3 aromatic heterocycles. The Balaban J connectivity index is 0.831. The Labute approximate surface area is 400 Å². The molecule has 0 N–H and O–H groups in total. The lowest BCUT2D eigenvalue weighted by Gasteiger charge is -2.14. The zero-order valence-electron chi connectivity index (χ0n) is 36.7. The molecule has 0 bridgehead atoms. The van der Waals surface area contributed by atoms with Crippen molar-refractivity contribution in [1.82, 2.24) is 9.97 Å². The Kier molecular flexibility index (Phi) is 8.98. The Morgan fingerprint density at radius 2 is 0.500 bits per heavy atom. The van der Waals surface area contributed by atoms with Gasteiger partial charge >= 0.3 is 0 Å². The number of hydrogen-bond donors (Lipinski definition) is 0. The van der Waals surface area contributed by atoms with Gasteiger partial charge in [0, 0.05) is 63.5 Å². The van der Waals surface area contributed by atoms with E-state index in [4.69, 9.17) is 9.97 Å². The van der Waals surface area contributed by atoms with Crippen LogP contribution in [-0.4, -0.2) is 9.97 Å². The van der Waals surface area contributed by atoms with E-state index < -0.39 is 0 Å². The van der Waals surface area contributed by atoms with Crippen molar-refractivity contribution in [2.45, 2.75) is 0 Å². The van der Waals surface area contributed by atoms with E-state index in [1.807, 2.05) is 22.7 Å². The highest BCUT2D eigenvalue weighted by Crippen LogP contribution is 2.42. The minimum atomic E-state index is 0.918. The first-order chi connectivity index (χ1) is 33.6. The van der Waals surface area contributed by atoms with Crippen molar-refractivity contribution in [3.8, 4) is 66.8 Å². The maximum absolute atomic E-state index is 4.90. The van der Waals surface area contributed by atoms with E-state index in [1.165, 1.54) is 96.0 Å². The number of fused-ring (bicyclic) bond motifs is 12. The third-order valence-corrected chi connectivity index (χ3v) is 16.0. The van der Waals surface area contributed by atoms with Gasteiger partial charge in [-0.15, -0.1) is 22.7 Å². The van der Waals surface area contributed by atoms with Crippen LogP contribution in [0.5, 0.6) is 0 Å². The highest BCUT2D eigenvalue weighted by molar-refractivity contribution is 7.26. The summed E-state index contributed by atoms with van der Waals surface area (Å²) in [7, 11) is 0. The molecule has 3 heterocycles.